The molecule has 0 atom stereocenters. The molecule has 2 rings (SSSR count). The summed E-state index contributed by atoms with van der Waals surface area (Å²) in [6, 6.07) is 0. The van der Waals surface area contributed by atoms with E-state index in [2.05, 4.69) is 29.3 Å². The SMILES string of the molecule is CC.CC(C)C1CC(CNCc2noc(C(N)=O)n2)C1. The number of aromatic nitrogens is 2. The first-order chi connectivity index (χ1) is 9.56. The highest BCUT2D eigenvalue weighted by atomic mass is 16.5. The lowest BCUT2D eigenvalue weighted by molar-refractivity contribution is 0.0958. The molecule has 1 saturated carbocycles. The lowest BCUT2D eigenvalue weighted by Crippen LogP contribution is -2.35. The first kappa shape index (κ1) is 16.6. The van der Waals surface area contributed by atoms with Crippen LogP contribution in [0, 0.1) is 17.8 Å². The van der Waals surface area contributed by atoms with Gasteiger partial charge in [0.2, 0.25) is 0 Å². The Morgan fingerprint density at radius 2 is 2.10 bits per heavy atom. The molecule has 20 heavy (non-hydrogen) atoms. The number of rotatable bonds is 6. The van der Waals surface area contributed by atoms with Gasteiger partial charge in [0.15, 0.2) is 5.82 Å². The standard InChI is InChI=1S/C12H20N4O2.C2H6/c1-7(2)9-3-8(4-9)5-14-6-10-15-12(11(13)17)18-16-10;1-2/h7-9,14H,3-6H2,1-2H3,(H2,13,17);1-2H3. The van der Waals surface area contributed by atoms with Gasteiger partial charge in [-0.15, -0.1) is 0 Å². The number of primary amides is 1. The normalized spacial score (nSPS) is 21.1. The van der Waals surface area contributed by atoms with Gasteiger partial charge in [0.25, 0.3) is 0 Å². The fraction of sp³-hybridized carbons (Fsp3) is 0.786. The third kappa shape index (κ3) is 4.59. The van der Waals surface area contributed by atoms with Crippen LogP contribution in [-0.4, -0.2) is 22.6 Å². The van der Waals surface area contributed by atoms with Crippen molar-refractivity contribution in [3.05, 3.63) is 11.7 Å². The van der Waals surface area contributed by atoms with Gasteiger partial charge in [-0.1, -0.05) is 32.9 Å². The van der Waals surface area contributed by atoms with Crippen LogP contribution in [0.3, 0.4) is 0 Å². The second-order valence-electron chi connectivity index (χ2n) is 5.35. The Morgan fingerprint density at radius 3 is 2.60 bits per heavy atom. The number of carbonyl (C=O) groups excluding carboxylic acids is 1. The van der Waals surface area contributed by atoms with E-state index in [0.717, 1.165) is 24.3 Å². The van der Waals surface area contributed by atoms with Gasteiger partial charge in [0.1, 0.15) is 0 Å². The first-order valence-electron chi connectivity index (χ1n) is 7.39. The molecule has 1 amide bonds. The summed E-state index contributed by atoms with van der Waals surface area (Å²) in [5.74, 6) is 2.08. The highest BCUT2D eigenvalue weighted by molar-refractivity contribution is 5.87. The van der Waals surface area contributed by atoms with E-state index < -0.39 is 5.91 Å². The van der Waals surface area contributed by atoms with Crippen LogP contribution >= 0.6 is 0 Å². The maximum Gasteiger partial charge on any atom is 0.315 e. The minimum absolute atomic E-state index is 0.129. The van der Waals surface area contributed by atoms with Crippen molar-refractivity contribution < 1.29 is 9.32 Å². The van der Waals surface area contributed by atoms with Gasteiger partial charge in [-0.25, -0.2) is 0 Å². The van der Waals surface area contributed by atoms with Crippen LogP contribution in [0.15, 0.2) is 4.52 Å². The van der Waals surface area contributed by atoms with Crippen molar-refractivity contribution in [2.45, 2.75) is 47.1 Å². The lowest BCUT2D eigenvalue weighted by atomic mass is 9.69. The van der Waals surface area contributed by atoms with Crippen LogP contribution in [0.4, 0.5) is 0 Å². The molecule has 0 aliphatic heterocycles. The molecule has 3 N–H and O–H groups in total. The second-order valence-corrected chi connectivity index (χ2v) is 5.35. The monoisotopic (exact) mass is 282 g/mol. The Morgan fingerprint density at radius 1 is 1.45 bits per heavy atom. The number of amides is 1. The van der Waals surface area contributed by atoms with Gasteiger partial charge in [-0.2, -0.15) is 4.98 Å². The minimum Gasteiger partial charge on any atom is -0.361 e. The predicted octanol–water partition coefficient (Wildman–Crippen LogP) is 1.97. The number of hydrogen-bond acceptors (Lipinski definition) is 5. The summed E-state index contributed by atoms with van der Waals surface area (Å²) in [6.07, 6.45) is 2.59. The Kier molecular flexibility index (Phi) is 6.64. The summed E-state index contributed by atoms with van der Waals surface area (Å²) in [5, 5.41) is 6.95. The molecule has 1 aliphatic carbocycles. The molecular formula is C14H26N4O2. The van der Waals surface area contributed by atoms with Gasteiger partial charge in [0.05, 0.1) is 6.54 Å². The van der Waals surface area contributed by atoms with Gasteiger partial charge in [-0.3, -0.25) is 4.79 Å². The van der Waals surface area contributed by atoms with E-state index in [1.54, 1.807) is 0 Å². The van der Waals surface area contributed by atoms with Gasteiger partial charge in [0, 0.05) is 0 Å². The molecule has 1 aromatic rings. The zero-order valence-electron chi connectivity index (χ0n) is 12.8. The summed E-state index contributed by atoms with van der Waals surface area (Å²) in [4.78, 5) is 14.6. The van der Waals surface area contributed by atoms with E-state index in [1.807, 2.05) is 13.8 Å². The smallest absolute Gasteiger partial charge is 0.315 e. The minimum atomic E-state index is -0.687. The molecule has 1 aromatic heterocycles. The van der Waals surface area contributed by atoms with Crippen LogP contribution in [0.2, 0.25) is 0 Å². The predicted molar refractivity (Wildman–Crippen MR) is 76.9 cm³/mol. The van der Waals surface area contributed by atoms with E-state index in [-0.39, 0.29) is 5.89 Å². The Bertz CT molecular complexity index is 411. The molecule has 0 radical (unpaired) electrons. The van der Waals surface area contributed by atoms with Crippen molar-refractivity contribution in [2.24, 2.45) is 23.5 Å². The molecule has 0 spiro atoms. The maximum absolute atomic E-state index is 10.8. The van der Waals surface area contributed by atoms with Crippen molar-refractivity contribution >= 4 is 5.91 Å². The molecule has 0 unspecified atom stereocenters. The number of carbonyl (C=O) groups is 1. The van der Waals surface area contributed by atoms with Crippen molar-refractivity contribution in [2.75, 3.05) is 6.54 Å². The number of nitrogens with zero attached hydrogens (tertiary/aromatic N) is 2. The Hall–Kier alpha value is -1.43. The molecule has 0 saturated heterocycles. The third-order valence-corrected chi connectivity index (χ3v) is 3.61. The van der Waals surface area contributed by atoms with Crippen LogP contribution in [0.5, 0.6) is 0 Å². The highest BCUT2D eigenvalue weighted by Gasteiger charge is 2.30. The van der Waals surface area contributed by atoms with E-state index in [0.29, 0.717) is 12.4 Å². The van der Waals surface area contributed by atoms with Gasteiger partial charge in [-0.05, 0) is 37.1 Å². The lowest BCUT2D eigenvalue weighted by Gasteiger charge is -2.38. The van der Waals surface area contributed by atoms with Crippen LogP contribution in [0.25, 0.3) is 0 Å². The zero-order valence-corrected chi connectivity index (χ0v) is 12.8. The van der Waals surface area contributed by atoms with E-state index in [1.165, 1.54) is 12.8 Å². The number of hydrogen-bond donors (Lipinski definition) is 2. The highest BCUT2D eigenvalue weighted by Crippen LogP contribution is 2.38. The topological polar surface area (TPSA) is 94.0 Å². The van der Waals surface area contributed by atoms with Crippen LogP contribution < -0.4 is 11.1 Å². The Balaban J connectivity index is 0.000000956. The molecule has 6 nitrogen and oxygen atoms in total. The number of nitrogens with two attached hydrogens (primary N) is 1. The van der Waals surface area contributed by atoms with Gasteiger partial charge < -0.3 is 15.6 Å². The fourth-order valence-corrected chi connectivity index (χ4v) is 2.31. The molecule has 114 valence electrons. The van der Waals surface area contributed by atoms with Crippen LogP contribution in [0.1, 0.15) is 57.0 Å². The van der Waals surface area contributed by atoms with Crippen LogP contribution in [-0.2, 0) is 6.54 Å². The van der Waals surface area contributed by atoms with E-state index in [9.17, 15) is 4.79 Å². The van der Waals surface area contributed by atoms with E-state index >= 15 is 0 Å². The quantitative estimate of drug-likeness (QED) is 0.832. The molecular weight excluding hydrogens is 256 g/mol. The Labute approximate surface area is 120 Å². The molecule has 1 fully saturated rings. The molecule has 1 aliphatic rings. The third-order valence-electron chi connectivity index (χ3n) is 3.61. The summed E-state index contributed by atoms with van der Waals surface area (Å²) >= 11 is 0. The van der Waals surface area contributed by atoms with Crippen molar-refractivity contribution in [1.82, 2.24) is 15.5 Å². The molecule has 6 heteroatoms. The second kappa shape index (κ2) is 7.99. The molecule has 0 aromatic carbocycles. The maximum atomic E-state index is 10.8. The summed E-state index contributed by atoms with van der Waals surface area (Å²) in [6.45, 7) is 10.0. The summed E-state index contributed by atoms with van der Waals surface area (Å²) < 4.78 is 4.70. The molecule has 0 bridgehead atoms. The first-order valence-corrected chi connectivity index (χ1v) is 7.39. The fourth-order valence-electron chi connectivity index (χ4n) is 2.31. The summed E-state index contributed by atoms with van der Waals surface area (Å²) in [5.41, 5.74) is 5.02. The van der Waals surface area contributed by atoms with Crippen molar-refractivity contribution in [3.63, 3.8) is 0 Å². The van der Waals surface area contributed by atoms with Crippen molar-refractivity contribution in [3.8, 4) is 0 Å². The molecule has 1 heterocycles. The van der Waals surface area contributed by atoms with E-state index in [4.69, 9.17) is 10.3 Å². The largest absolute Gasteiger partial charge is 0.361 e. The number of nitrogens with one attached hydrogen (secondary N) is 1. The van der Waals surface area contributed by atoms with Gasteiger partial charge >= 0.3 is 11.8 Å². The average molecular weight is 282 g/mol. The average Bonchev–Trinajstić information content (AvgIpc) is 2.83. The summed E-state index contributed by atoms with van der Waals surface area (Å²) in [7, 11) is 0. The zero-order chi connectivity index (χ0) is 15.1. The van der Waals surface area contributed by atoms with Crippen molar-refractivity contribution in [1.29, 1.82) is 0 Å².